The summed E-state index contributed by atoms with van der Waals surface area (Å²) in [5.41, 5.74) is 11.5. The summed E-state index contributed by atoms with van der Waals surface area (Å²) in [7, 11) is 0. The third kappa shape index (κ3) is 10.8. The first-order valence-corrected chi connectivity index (χ1v) is 25.3. The van der Waals surface area contributed by atoms with Crippen LogP contribution in [0.1, 0.15) is 99.1 Å². The lowest BCUT2D eigenvalue weighted by atomic mass is 9.99. The van der Waals surface area contributed by atoms with E-state index in [9.17, 15) is 40.9 Å². The molecule has 10 N–H and O–H groups in total. The van der Waals surface area contributed by atoms with Gasteiger partial charge in [-0.15, -0.1) is 0 Å². The van der Waals surface area contributed by atoms with Crippen LogP contribution in [0.25, 0.3) is 68.6 Å². The molecule has 3 aromatic heterocycles. The van der Waals surface area contributed by atoms with Crippen molar-refractivity contribution in [3.8, 4) is 33.8 Å². The smallest absolute Gasteiger partial charge is 0.229 e. The van der Waals surface area contributed by atoms with Gasteiger partial charge in [0.1, 0.15) is 60.3 Å². The van der Waals surface area contributed by atoms with Crippen molar-refractivity contribution in [1.82, 2.24) is 19.9 Å². The molecule has 10 unspecified atom stereocenters. The first-order chi connectivity index (χ1) is 35.0. The number of aromatic nitrogens is 4. The third-order valence-corrected chi connectivity index (χ3v) is 14.0. The first kappa shape index (κ1) is 51.2. The van der Waals surface area contributed by atoms with E-state index < -0.39 is 74.6 Å². The van der Waals surface area contributed by atoms with Crippen molar-refractivity contribution in [2.24, 2.45) is 0 Å². The lowest BCUT2D eigenvalue weighted by Gasteiger charge is -2.39. The molecule has 10 atom stereocenters. The van der Waals surface area contributed by atoms with Crippen LogP contribution in [0.2, 0.25) is 0 Å². The molecule has 16 nitrogen and oxygen atoms in total. The summed E-state index contributed by atoms with van der Waals surface area (Å²) >= 11 is 0. The van der Waals surface area contributed by atoms with Gasteiger partial charge < -0.3 is 69.8 Å². The molecule has 16 heteroatoms. The molecule has 8 bridgehead atoms. The lowest BCUT2D eigenvalue weighted by molar-refractivity contribution is -0.277. The number of unbranched alkanes of at least 4 members (excludes halogenated alkanes) is 6. The molecule has 72 heavy (non-hydrogen) atoms. The van der Waals surface area contributed by atoms with Gasteiger partial charge in [0.25, 0.3) is 0 Å². The Balaban J connectivity index is 1.23. The number of H-pyrrole nitrogens is 2. The normalized spacial score (nSPS) is 25.0. The highest BCUT2D eigenvalue weighted by atomic mass is 16.7. The maximum absolute atomic E-state index is 10.8. The number of aryl methyl sites for hydroxylation is 2. The maximum Gasteiger partial charge on any atom is 0.229 e. The Labute approximate surface area is 417 Å². The van der Waals surface area contributed by atoms with Crippen LogP contribution in [0.4, 0.5) is 0 Å². The van der Waals surface area contributed by atoms with Gasteiger partial charge in [0, 0.05) is 44.3 Å². The SMILES string of the molecule is CCCCCCc1c2nc(c(-c3cccc(OC4OC(CO)C(O)C(O)C4O)c3)c3ccc([nH]3)c(CCCCCC)c3nc(c(-c4cccc(OC5OC(CO)C(O)C(O)C5O)c4)c4ccc1[nH]4)C=C3)C=C2. The van der Waals surface area contributed by atoms with Crippen molar-refractivity contribution >= 4 is 46.4 Å². The highest BCUT2D eigenvalue weighted by Crippen LogP contribution is 2.38. The molecule has 0 spiro atoms. The van der Waals surface area contributed by atoms with Gasteiger partial charge in [0.15, 0.2) is 0 Å². The third-order valence-electron chi connectivity index (χ3n) is 14.0. The van der Waals surface area contributed by atoms with E-state index in [0.29, 0.717) is 22.9 Å². The van der Waals surface area contributed by atoms with E-state index in [1.807, 2.05) is 72.8 Å². The Morgan fingerprint density at radius 3 is 1.28 bits per heavy atom. The zero-order valence-corrected chi connectivity index (χ0v) is 40.6. The molecule has 0 aliphatic carbocycles. The molecule has 2 fully saturated rings. The average Bonchev–Trinajstić information content (AvgIpc) is 4.25. The summed E-state index contributed by atoms with van der Waals surface area (Å²) in [6.07, 6.45) is 3.54. The van der Waals surface area contributed by atoms with Crippen molar-refractivity contribution in [3.05, 3.63) is 107 Å². The van der Waals surface area contributed by atoms with Crippen LogP contribution in [0.5, 0.6) is 11.5 Å². The predicted octanol–water partition coefficient (Wildman–Crippen LogP) is 6.59. The Kier molecular flexibility index (Phi) is 16.3. The number of hydrogen-bond acceptors (Lipinski definition) is 14. The minimum Gasteiger partial charge on any atom is -0.462 e. The summed E-state index contributed by atoms with van der Waals surface area (Å²) < 4.78 is 23.7. The summed E-state index contributed by atoms with van der Waals surface area (Å²) in [4.78, 5) is 18.3. The van der Waals surface area contributed by atoms with Gasteiger partial charge >= 0.3 is 0 Å². The van der Waals surface area contributed by atoms with Crippen LogP contribution in [0, 0.1) is 0 Å². The summed E-state index contributed by atoms with van der Waals surface area (Å²) in [6.45, 7) is 3.21. The number of aliphatic hydroxyl groups excluding tert-OH is 8. The molecule has 9 rings (SSSR count). The van der Waals surface area contributed by atoms with E-state index in [4.69, 9.17) is 28.9 Å². The standard InChI is InChI=1S/C56H66N4O12/c1-3-5-7-9-17-35-37-19-23-41(57-37)47(31-13-11-15-33(27-31)69-55-53(67)51(65)49(63)45(29-61)71-55)43-25-21-39(59-43)36(18-10-8-6-4-2)40-22-26-44(60-40)48(42-24-20-38(35)58-42)32-14-12-16-34(28-32)70-56-54(68)52(66)50(64)46(30-62)72-56/h11-16,19-28,45-46,49-57,60-68H,3-10,17-18,29-30H2,1-2H3. The number of nitrogens with one attached hydrogen (secondary N) is 2. The molecule has 0 amide bonds. The second-order valence-corrected chi connectivity index (χ2v) is 19.0. The van der Waals surface area contributed by atoms with Crippen molar-refractivity contribution in [2.45, 2.75) is 139 Å². The topological polar surface area (TPSA) is 256 Å². The molecule has 5 aromatic rings. The molecule has 2 saturated heterocycles. The Morgan fingerprint density at radius 2 is 0.875 bits per heavy atom. The number of fused-ring (bicyclic) bond motifs is 8. The number of hydrogen-bond donors (Lipinski definition) is 10. The minimum atomic E-state index is -1.59. The zero-order valence-electron chi connectivity index (χ0n) is 40.6. The van der Waals surface area contributed by atoms with Gasteiger partial charge in [-0.3, -0.25) is 0 Å². The predicted molar refractivity (Wildman–Crippen MR) is 274 cm³/mol. The van der Waals surface area contributed by atoms with Crippen molar-refractivity contribution in [3.63, 3.8) is 0 Å². The van der Waals surface area contributed by atoms with E-state index in [1.165, 1.54) is 0 Å². The van der Waals surface area contributed by atoms with E-state index in [0.717, 1.165) is 131 Å². The van der Waals surface area contributed by atoms with Crippen LogP contribution in [0.3, 0.4) is 0 Å². The van der Waals surface area contributed by atoms with E-state index in [-0.39, 0.29) is 0 Å². The van der Waals surface area contributed by atoms with Crippen LogP contribution in [0.15, 0.2) is 72.8 Å². The van der Waals surface area contributed by atoms with Crippen molar-refractivity contribution in [1.29, 1.82) is 0 Å². The number of rotatable bonds is 18. The number of aliphatic hydroxyl groups is 8. The van der Waals surface area contributed by atoms with E-state index in [1.54, 1.807) is 12.1 Å². The quantitative estimate of drug-likeness (QED) is 0.0407. The van der Waals surface area contributed by atoms with Crippen molar-refractivity contribution in [2.75, 3.05) is 13.2 Å². The molecule has 7 heterocycles. The summed E-state index contributed by atoms with van der Waals surface area (Å²) in [5, 5.41) is 83.2. The largest absolute Gasteiger partial charge is 0.462 e. The molecular weight excluding hydrogens is 921 g/mol. The van der Waals surface area contributed by atoms with Crippen LogP contribution >= 0.6 is 0 Å². The van der Waals surface area contributed by atoms with Gasteiger partial charge in [-0.25, -0.2) is 9.97 Å². The Bertz CT molecular complexity index is 2720. The Hall–Kier alpha value is -5.76. The van der Waals surface area contributed by atoms with Gasteiger partial charge in [-0.2, -0.15) is 0 Å². The number of benzene rings is 2. The van der Waals surface area contributed by atoms with E-state index in [2.05, 4.69) is 35.9 Å². The van der Waals surface area contributed by atoms with Gasteiger partial charge in [-0.05, 0) is 110 Å². The van der Waals surface area contributed by atoms with Crippen LogP contribution in [-0.2, 0) is 22.3 Å². The molecular formula is C56H66N4O12. The average molecular weight is 987 g/mol. The second kappa shape index (κ2) is 23.0. The molecule has 4 aliphatic heterocycles. The molecule has 2 aromatic carbocycles. The molecule has 0 radical (unpaired) electrons. The lowest BCUT2D eigenvalue weighted by Crippen LogP contribution is -2.60. The highest BCUT2D eigenvalue weighted by molar-refractivity contribution is 5.94. The zero-order chi connectivity index (χ0) is 50.5. The van der Waals surface area contributed by atoms with Gasteiger partial charge in [0.05, 0.1) is 36.0 Å². The summed E-state index contributed by atoms with van der Waals surface area (Å²) in [5.74, 6) is 0.652. The van der Waals surface area contributed by atoms with Crippen LogP contribution < -0.4 is 9.47 Å². The number of nitrogens with zero attached hydrogens (tertiary/aromatic N) is 2. The number of ether oxygens (including phenoxy) is 4. The second-order valence-electron chi connectivity index (χ2n) is 19.0. The van der Waals surface area contributed by atoms with Crippen LogP contribution in [-0.4, -0.2) is 135 Å². The van der Waals surface area contributed by atoms with Gasteiger partial charge in [-0.1, -0.05) is 76.6 Å². The fourth-order valence-corrected chi connectivity index (χ4v) is 9.96. The number of aromatic amines is 2. The minimum absolute atomic E-state index is 0.326. The van der Waals surface area contributed by atoms with Crippen molar-refractivity contribution < 1.29 is 59.8 Å². The van der Waals surface area contributed by atoms with Gasteiger partial charge in [0.2, 0.25) is 12.6 Å². The van der Waals surface area contributed by atoms with E-state index >= 15 is 0 Å². The molecule has 0 saturated carbocycles. The maximum atomic E-state index is 10.8. The molecule has 4 aliphatic rings. The Morgan fingerprint density at radius 1 is 0.472 bits per heavy atom. The molecule has 382 valence electrons. The highest BCUT2D eigenvalue weighted by Gasteiger charge is 2.46. The fraction of sp³-hybridized carbons (Fsp3) is 0.429. The first-order valence-electron chi connectivity index (χ1n) is 25.3. The fourth-order valence-electron chi connectivity index (χ4n) is 9.96. The summed E-state index contributed by atoms with van der Waals surface area (Å²) in [6, 6.07) is 22.9. The monoisotopic (exact) mass is 986 g/mol.